The van der Waals surface area contributed by atoms with Crippen molar-refractivity contribution in [1.82, 2.24) is 0 Å². The minimum absolute atomic E-state index is 0.00885. The molecule has 1 N–H and O–H groups in total. The van der Waals surface area contributed by atoms with E-state index in [9.17, 15) is 19.5 Å². The highest BCUT2D eigenvalue weighted by atomic mass is 16.6. The number of hydrogen-bond acceptors (Lipinski definition) is 5. The molecule has 158 valence electrons. The zero-order valence-electron chi connectivity index (χ0n) is 17.9. The molecule has 5 heteroatoms. The number of ether oxygens (including phenoxy) is 1. The highest BCUT2D eigenvalue weighted by Crippen LogP contribution is 2.67. The van der Waals surface area contributed by atoms with Crippen molar-refractivity contribution in [1.29, 1.82) is 0 Å². The van der Waals surface area contributed by atoms with Crippen molar-refractivity contribution in [2.75, 3.05) is 0 Å². The summed E-state index contributed by atoms with van der Waals surface area (Å²) in [5.74, 6) is -0.00307. The quantitative estimate of drug-likeness (QED) is 0.733. The predicted octanol–water partition coefficient (Wildman–Crippen LogP) is 3.55. The van der Waals surface area contributed by atoms with Gasteiger partial charge in [0.05, 0.1) is 6.10 Å². The van der Waals surface area contributed by atoms with Crippen LogP contribution >= 0.6 is 0 Å². The van der Waals surface area contributed by atoms with Crippen LogP contribution in [0, 0.1) is 28.6 Å². The number of Topliss-reactive ketones (excluding diaryl/α,β-unsaturated/α-hetero) is 1. The summed E-state index contributed by atoms with van der Waals surface area (Å²) in [6.07, 6.45) is 8.46. The molecule has 4 aliphatic carbocycles. The molecule has 4 aliphatic rings. The van der Waals surface area contributed by atoms with E-state index in [-0.39, 0.29) is 47.1 Å². The monoisotopic (exact) mass is 400 g/mol. The van der Waals surface area contributed by atoms with Gasteiger partial charge in [0, 0.05) is 23.2 Å². The Morgan fingerprint density at radius 1 is 1.28 bits per heavy atom. The van der Waals surface area contributed by atoms with Crippen LogP contribution in [0.5, 0.6) is 0 Å². The summed E-state index contributed by atoms with van der Waals surface area (Å²) in [5, 5.41) is 11.4. The lowest BCUT2D eigenvalue weighted by Crippen LogP contribution is -2.62. The summed E-state index contributed by atoms with van der Waals surface area (Å²) in [4.78, 5) is 37.0. The Kier molecular flexibility index (Phi) is 4.69. The molecule has 0 saturated heterocycles. The standard InChI is InChI=1S/C24H32O5/c1-5-20(28)29-24(14(2)25)11-9-18-17-7-6-15-12-16(26)8-10-22(15,3)21(17)19(27)13-23(18,24)4/h8,10,12,17-19,21,27H,5-7,9,11,13H2,1-4H3/t17-,18-,19-,21+,22-,23-,24+/m0/s1. The number of aliphatic hydroxyl groups excluding tert-OH is 1. The fourth-order valence-electron chi connectivity index (χ4n) is 7.40. The van der Waals surface area contributed by atoms with Gasteiger partial charge in [-0.05, 0) is 63.0 Å². The lowest BCUT2D eigenvalue weighted by Gasteiger charge is -2.59. The molecule has 4 rings (SSSR count). The minimum Gasteiger partial charge on any atom is -0.450 e. The van der Waals surface area contributed by atoms with Gasteiger partial charge in [-0.1, -0.05) is 32.4 Å². The highest BCUT2D eigenvalue weighted by Gasteiger charge is 2.69. The Morgan fingerprint density at radius 2 is 2.00 bits per heavy atom. The normalized spacial score (nSPS) is 45.7. The van der Waals surface area contributed by atoms with Crippen molar-refractivity contribution in [3.8, 4) is 0 Å². The molecule has 0 aliphatic heterocycles. The maximum absolute atomic E-state index is 12.9. The van der Waals surface area contributed by atoms with Crippen LogP contribution in [0.15, 0.2) is 23.8 Å². The Balaban J connectivity index is 1.75. The zero-order chi connectivity index (χ0) is 21.2. The van der Waals surface area contributed by atoms with Crippen molar-refractivity contribution >= 4 is 17.5 Å². The van der Waals surface area contributed by atoms with Gasteiger partial charge < -0.3 is 9.84 Å². The van der Waals surface area contributed by atoms with Crippen LogP contribution in [0.25, 0.3) is 0 Å². The van der Waals surface area contributed by atoms with Crippen LogP contribution in [0.1, 0.15) is 66.2 Å². The fraction of sp³-hybridized carbons (Fsp3) is 0.708. The molecule has 29 heavy (non-hydrogen) atoms. The van der Waals surface area contributed by atoms with Crippen molar-refractivity contribution in [2.24, 2.45) is 28.6 Å². The molecule has 0 unspecified atom stereocenters. The summed E-state index contributed by atoms with van der Waals surface area (Å²) < 4.78 is 5.89. The molecule has 0 aromatic carbocycles. The van der Waals surface area contributed by atoms with Gasteiger partial charge in [-0.3, -0.25) is 14.4 Å². The molecule has 0 aromatic rings. The number of ketones is 2. The summed E-state index contributed by atoms with van der Waals surface area (Å²) in [7, 11) is 0. The molecular weight excluding hydrogens is 368 g/mol. The molecule has 0 radical (unpaired) electrons. The summed E-state index contributed by atoms with van der Waals surface area (Å²) in [5.41, 5.74) is -0.941. The number of carbonyl (C=O) groups is 3. The Bertz CT molecular complexity index is 825. The molecule has 0 spiro atoms. The molecule has 0 amide bonds. The van der Waals surface area contributed by atoms with E-state index in [2.05, 4.69) is 6.92 Å². The summed E-state index contributed by atoms with van der Waals surface area (Å²) in [6, 6.07) is 0. The third kappa shape index (κ3) is 2.66. The number of fused-ring (bicyclic) bond motifs is 5. The van der Waals surface area contributed by atoms with Gasteiger partial charge in [0.1, 0.15) is 0 Å². The molecule has 5 nitrogen and oxygen atoms in total. The molecule has 3 saturated carbocycles. The van der Waals surface area contributed by atoms with Crippen LogP contribution in [0.2, 0.25) is 0 Å². The molecule has 3 fully saturated rings. The first kappa shape index (κ1) is 20.5. The summed E-state index contributed by atoms with van der Waals surface area (Å²) in [6.45, 7) is 7.44. The second-order valence-electron chi connectivity index (χ2n) is 9.96. The molecule has 7 atom stereocenters. The van der Waals surface area contributed by atoms with Crippen LogP contribution < -0.4 is 0 Å². The van der Waals surface area contributed by atoms with Gasteiger partial charge in [-0.2, -0.15) is 0 Å². The third-order valence-corrected chi connectivity index (χ3v) is 8.76. The Labute approximate surface area is 172 Å². The zero-order valence-corrected chi connectivity index (χ0v) is 17.9. The topological polar surface area (TPSA) is 80.7 Å². The van der Waals surface area contributed by atoms with Crippen LogP contribution in [-0.4, -0.2) is 34.3 Å². The van der Waals surface area contributed by atoms with Crippen LogP contribution in [0.3, 0.4) is 0 Å². The van der Waals surface area contributed by atoms with E-state index < -0.39 is 17.1 Å². The number of aliphatic hydroxyl groups is 1. The third-order valence-electron chi connectivity index (χ3n) is 8.76. The first-order chi connectivity index (χ1) is 13.6. The first-order valence-corrected chi connectivity index (χ1v) is 10.9. The number of carbonyl (C=O) groups excluding carboxylic acids is 3. The van der Waals surface area contributed by atoms with Crippen LogP contribution in [0.4, 0.5) is 0 Å². The van der Waals surface area contributed by atoms with E-state index in [1.807, 2.05) is 13.0 Å². The van der Waals surface area contributed by atoms with Gasteiger partial charge in [0.2, 0.25) is 0 Å². The Hall–Kier alpha value is -1.75. The smallest absolute Gasteiger partial charge is 0.306 e. The van der Waals surface area contributed by atoms with Crippen molar-refractivity contribution in [3.63, 3.8) is 0 Å². The average molecular weight is 401 g/mol. The van der Waals surface area contributed by atoms with Crippen molar-refractivity contribution in [2.45, 2.75) is 77.9 Å². The predicted molar refractivity (Wildman–Crippen MR) is 108 cm³/mol. The van der Waals surface area contributed by atoms with E-state index in [0.717, 1.165) is 24.8 Å². The molecular formula is C24H32O5. The lowest BCUT2D eigenvalue weighted by molar-refractivity contribution is -0.197. The minimum atomic E-state index is -1.15. The maximum atomic E-state index is 12.9. The number of esters is 1. The first-order valence-electron chi connectivity index (χ1n) is 10.9. The number of hydrogen-bond donors (Lipinski definition) is 1. The Morgan fingerprint density at radius 3 is 2.66 bits per heavy atom. The maximum Gasteiger partial charge on any atom is 0.306 e. The largest absolute Gasteiger partial charge is 0.450 e. The van der Waals surface area contributed by atoms with Gasteiger partial charge >= 0.3 is 5.97 Å². The van der Waals surface area contributed by atoms with E-state index in [1.54, 1.807) is 19.1 Å². The summed E-state index contributed by atoms with van der Waals surface area (Å²) >= 11 is 0. The molecule has 0 heterocycles. The fourth-order valence-corrected chi connectivity index (χ4v) is 7.40. The van der Waals surface area contributed by atoms with Crippen molar-refractivity contribution in [3.05, 3.63) is 23.8 Å². The van der Waals surface area contributed by atoms with E-state index in [0.29, 0.717) is 12.8 Å². The molecule has 0 bridgehead atoms. The van der Waals surface area contributed by atoms with Gasteiger partial charge in [0.25, 0.3) is 0 Å². The second-order valence-corrected chi connectivity index (χ2v) is 9.96. The molecule has 0 aromatic heterocycles. The van der Waals surface area contributed by atoms with E-state index >= 15 is 0 Å². The number of rotatable bonds is 3. The van der Waals surface area contributed by atoms with Gasteiger partial charge in [0.15, 0.2) is 17.2 Å². The SMILES string of the molecule is CCC(=O)O[C@@]1(C(C)=O)CC[C@H]2[C@@H]3CCC4=CC(=O)C=C[C@]4(C)[C@H]3[C@@H](O)C[C@@]21C. The van der Waals surface area contributed by atoms with Crippen LogP contribution in [-0.2, 0) is 19.1 Å². The lowest BCUT2D eigenvalue weighted by atomic mass is 9.46. The average Bonchev–Trinajstić information content (AvgIpc) is 2.94. The second kappa shape index (κ2) is 6.63. The highest BCUT2D eigenvalue weighted by molar-refractivity contribution is 6.01. The van der Waals surface area contributed by atoms with Crippen molar-refractivity contribution < 1.29 is 24.2 Å². The van der Waals surface area contributed by atoms with Gasteiger partial charge in [-0.15, -0.1) is 0 Å². The van der Waals surface area contributed by atoms with E-state index in [4.69, 9.17) is 4.74 Å². The number of allylic oxidation sites excluding steroid dienone is 4. The van der Waals surface area contributed by atoms with Gasteiger partial charge in [-0.25, -0.2) is 0 Å². The van der Waals surface area contributed by atoms with E-state index in [1.165, 1.54) is 6.92 Å².